The van der Waals surface area contributed by atoms with E-state index in [0.29, 0.717) is 19.6 Å². The molecule has 2 aliphatic rings. The van der Waals surface area contributed by atoms with Crippen LogP contribution >= 0.6 is 0 Å². The van der Waals surface area contributed by atoms with Gasteiger partial charge in [0.05, 0.1) is 31.4 Å². The first-order chi connectivity index (χ1) is 13.9. The second kappa shape index (κ2) is 8.11. The summed E-state index contributed by atoms with van der Waals surface area (Å²) in [5.74, 6) is 0.819. The van der Waals surface area contributed by atoms with Gasteiger partial charge in [0.15, 0.2) is 0 Å². The van der Waals surface area contributed by atoms with Crippen LogP contribution in [0.15, 0.2) is 30.5 Å². The minimum absolute atomic E-state index is 0.0465. The first-order valence-corrected chi connectivity index (χ1v) is 10.4. The highest BCUT2D eigenvalue weighted by molar-refractivity contribution is 5.79. The van der Waals surface area contributed by atoms with Crippen molar-refractivity contribution in [3.05, 3.63) is 52.8 Å². The number of anilines is 1. The van der Waals surface area contributed by atoms with E-state index >= 15 is 0 Å². The van der Waals surface area contributed by atoms with Crippen LogP contribution in [0, 0.1) is 12.3 Å². The maximum Gasteiger partial charge on any atom is 0.225 e. The largest absolute Gasteiger partial charge is 0.378 e. The van der Waals surface area contributed by atoms with Gasteiger partial charge in [-0.15, -0.1) is 0 Å². The van der Waals surface area contributed by atoms with Gasteiger partial charge in [0.1, 0.15) is 0 Å². The molecule has 0 saturated carbocycles. The highest BCUT2D eigenvalue weighted by atomic mass is 16.5. The van der Waals surface area contributed by atoms with E-state index in [9.17, 15) is 4.79 Å². The summed E-state index contributed by atoms with van der Waals surface area (Å²) in [5.41, 5.74) is 4.40. The Morgan fingerprint density at radius 1 is 1.28 bits per heavy atom. The number of carbonyl (C=O) groups excluding carboxylic acids is 1. The van der Waals surface area contributed by atoms with E-state index in [4.69, 9.17) is 9.72 Å². The monoisotopic (exact) mass is 394 g/mol. The first kappa shape index (κ1) is 19.8. The zero-order valence-corrected chi connectivity index (χ0v) is 17.6. The molecule has 29 heavy (non-hydrogen) atoms. The molecule has 6 heteroatoms. The number of rotatable bonds is 4. The van der Waals surface area contributed by atoms with Crippen molar-refractivity contribution in [2.24, 2.45) is 5.41 Å². The molecule has 1 atom stereocenters. The molecule has 1 saturated heterocycles. The number of nitrogens with one attached hydrogen (secondary N) is 1. The summed E-state index contributed by atoms with van der Waals surface area (Å²) < 4.78 is 5.44. The third-order valence-corrected chi connectivity index (χ3v) is 5.91. The SMILES string of the molecule is Cc1ccccc1CC(=O)NC1CC(C)(C)Cc2nc(N3CCOCC3)ncc21. The molecule has 1 aliphatic carbocycles. The van der Waals surface area contributed by atoms with Gasteiger partial charge in [-0.25, -0.2) is 9.97 Å². The maximum atomic E-state index is 12.8. The quantitative estimate of drug-likeness (QED) is 0.864. The number of aryl methyl sites for hydroxylation is 1. The van der Waals surface area contributed by atoms with Gasteiger partial charge in [-0.3, -0.25) is 4.79 Å². The van der Waals surface area contributed by atoms with Crippen LogP contribution in [0.1, 0.15) is 48.7 Å². The summed E-state index contributed by atoms with van der Waals surface area (Å²) in [4.78, 5) is 24.5. The zero-order valence-electron chi connectivity index (χ0n) is 17.6. The molecule has 6 nitrogen and oxygen atoms in total. The van der Waals surface area contributed by atoms with Crippen molar-refractivity contribution >= 4 is 11.9 Å². The van der Waals surface area contributed by atoms with Crippen LogP contribution in [0.4, 0.5) is 5.95 Å². The van der Waals surface area contributed by atoms with Crippen molar-refractivity contribution < 1.29 is 9.53 Å². The van der Waals surface area contributed by atoms with Crippen LogP contribution in [-0.2, 0) is 22.4 Å². The Balaban J connectivity index is 1.54. The van der Waals surface area contributed by atoms with Gasteiger partial charge in [0.25, 0.3) is 0 Å². The molecule has 1 aliphatic heterocycles. The van der Waals surface area contributed by atoms with Crippen LogP contribution in [-0.4, -0.2) is 42.2 Å². The molecule has 2 heterocycles. The summed E-state index contributed by atoms with van der Waals surface area (Å²) in [6, 6.07) is 7.99. The molecule has 0 spiro atoms. The lowest BCUT2D eigenvalue weighted by Gasteiger charge is -2.37. The van der Waals surface area contributed by atoms with Crippen LogP contribution in [0.5, 0.6) is 0 Å². The van der Waals surface area contributed by atoms with E-state index in [1.165, 1.54) is 0 Å². The number of amides is 1. The summed E-state index contributed by atoms with van der Waals surface area (Å²) in [6.07, 6.45) is 4.10. The van der Waals surface area contributed by atoms with Crippen LogP contribution in [0.3, 0.4) is 0 Å². The average molecular weight is 395 g/mol. The van der Waals surface area contributed by atoms with Crippen molar-refractivity contribution in [1.82, 2.24) is 15.3 Å². The summed E-state index contributed by atoms with van der Waals surface area (Å²) in [6.45, 7) is 9.59. The number of ether oxygens (including phenoxy) is 1. The van der Waals surface area contributed by atoms with Gasteiger partial charge >= 0.3 is 0 Å². The van der Waals surface area contributed by atoms with Gasteiger partial charge in [-0.1, -0.05) is 38.1 Å². The maximum absolute atomic E-state index is 12.8. The van der Waals surface area contributed by atoms with Gasteiger partial charge < -0.3 is 15.0 Å². The molecule has 4 rings (SSSR count). The molecule has 1 N–H and O–H groups in total. The van der Waals surface area contributed by atoms with Gasteiger partial charge in [0.2, 0.25) is 11.9 Å². The Labute approximate surface area is 172 Å². The van der Waals surface area contributed by atoms with E-state index < -0.39 is 0 Å². The number of morpholine rings is 1. The lowest BCUT2D eigenvalue weighted by atomic mass is 9.74. The molecule has 154 valence electrons. The molecule has 0 radical (unpaired) electrons. The van der Waals surface area contributed by atoms with E-state index in [1.807, 2.05) is 37.4 Å². The van der Waals surface area contributed by atoms with E-state index in [2.05, 4.69) is 29.0 Å². The Kier molecular flexibility index (Phi) is 5.54. The average Bonchev–Trinajstić information content (AvgIpc) is 2.69. The second-order valence-electron chi connectivity index (χ2n) is 8.94. The third kappa shape index (κ3) is 4.58. The fraction of sp³-hybridized carbons (Fsp3) is 0.522. The molecule has 2 aromatic rings. The smallest absolute Gasteiger partial charge is 0.225 e. The number of benzene rings is 1. The van der Waals surface area contributed by atoms with E-state index in [1.54, 1.807) is 0 Å². The number of hydrogen-bond acceptors (Lipinski definition) is 5. The lowest BCUT2D eigenvalue weighted by Crippen LogP contribution is -2.40. The molecule has 1 unspecified atom stereocenters. The van der Waals surface area contributed by atoms with Gasteiger partial charge in [0, 0.05) is 24.8 Å². The van der Waals surface area contributed by atoms with Crippen LogP contribution in [0.25, 0.3) is 0 Å². The topological polar surface area (TPSA) is 67.4 Å². The predicted octanol–water partition coefficient (Wildman–Crippen LogP) is 2.99. The third-order valence-electron chi connectivity index (χ3n) is 5.91. The minimum atomic E-state index is -0.0518. The molecule has 0 bridgehead atoms. The standard InChI is InChI=1S/C23H30N4O2/c1-16-6-4-5-7-17(16)12-21(28)25-19-13-23(2,3)14-20-18(19)15-24-22(26-20)27-8-10-29-11-9-27/h4-7,15,19H,8-14H2,1-3H3,(H,25,28). The molecule has 1 aromatic heterocycles. The number of nitrogens with zero attached hydrogens (tertiary/aromatic N) is 3. The Morgan fingerprint density at radius 2 is 2.03 bits per heavy atom. The number of carbonyl (C=O) groups is 1. The molecular formula is C23H30N4O2. The number of fused-ring (bicyclic) bond motifs is 1. The molecule has 1 amide bonds. The van der Waals surface area contributed by atoms with Crippen molar-refractivity contribution in [2.45, 2.75) is 46.1 Å². The van der Waals surface area contributed by atoms with Crippen molar-refractivity contribution in [3.63, 3.8) is 0 Å². The molecule has 1 aromatic carbocycles. The fourth-order valence-corrected chi connectivity index (χ4v) is 4.31. The Bertz CT molecular complexity index is 890. The van der Waals surface area contributed by atoms with Crippen molar-refractivity contribution in [1.29, 1.82) is 0 Å². The highest BCUT2D eigenvalue weighted by Gasteiger charge is 2.35. The molecule has 1 fully saturated rings. The summed E-state index contributed by atoms with van der Waals surface area (Å²) in [5, 5.41) is 3.25. The van der Waals surface area contributed by atoms with Gasteiger partial charge in [-0.2, -0.15) is 0 Å². The minimum Gasteiger partial charge on any atom is -0.378 e. The highest BCUT2D eigenvalue weighted by Crippen LogP contribution is 2.40. The normalized spacial score (nSPS) is 20.8. The zero-order chi connectivity index (χ0) is 20.4. The van der Waals surface area contributed by atoms with Crippen molar-refractivity contribution in [3.8, 4) is 0 Å². The Hall–Kier alpha value is -2.47. The Morgan fingerprint density at radius 3 is 2.79 bits per heavy atom. The number of aromatic nitrogens is 2. The lowest BCUT2D eigenvalue weighted by molar-refractivity contribution is -0.121. The van der Waals surface area contributed by atoms with Crippen molar-refractivity contribution in [2.75, 3.05) is 31.2 Å². The first-order valence-electron chi connectivity index (χ1n) is 10.4. The number of hydrogen-bond donors (Lipinski definition) is 1. The van der Waals surface area contributed by atoms with E-state index in [0.717, 1.165) is 54.3 Å². The van der Waals surface area contributed by atoms with E-state index in [-0.39, 0.29) is 17.4 Å². The van der Waals surface area contributed by atoms with Gasteiger partial charge in [-0.05, 0) is 36.3 Å². The summed E-state index contributed by atoms with van der Waals surface area (Å²) in [7, 11) is 0. The molecular weight excluding hydrogens is 364 g/mol. The summed E-state index contributed by atoms with van der Waals surface area (Å²) >= 11 is 0. The predicted molar refractivity (Wildman–Crippen MR) is 113 cm³/mol. The second-order valence-corrected chi connectivity index (χ2v) is 8.94. The fourth-order valence-electron chi connectivity index (χ4n) is 4.31. The van der Waals surface area contributed by atoms with Crippen LogP contribution in [0.2, 0.25) is 0 Å². The van der Waals surface area contributed by atoms with Crippen LogP contribution < -0.4 is 10.2 Å².